The van der Waals surface area contributed by atoms with Crippen LogP contribution in [0.5, 0.6) is 0 Å². The van der Waals surface area contributed by atoms with Gasteiger partial charge in [-0.1, -0.05) is 37.0 Å². The molecule has 2 aromatic carbocycles. The van der Waals surface area contributed by atoms with Crippen LogP contribution in [0.2, 0.25) is 0 Å². The van der Waals surface area contributed by atoms with Crippen LogP contribution in [0.3, 0.4) is 0 Å². The first-order valence-corrected chi connectivity index (χ1v) is 10.0. The quantitative estimate of drug-likeness (QED) is 0.696. The lowest BCUT2D eigenvalue weighted by molar-refractivity contribution is -0.114. The Morgan fingerprint density at radius 3 is 2.36 bits per heavy atom. The van der Waals surface area contributed by atoms with E-state index in [-0.39, 0.29) is 24.4 Å². The van der Waals surface area contributed by atoms with Gasteiger partial charge in [0.15, 0.2) is 0 Å². The topological polar surface area (TPSA) is 70.2 Å². The summed E-state index contributed by atoms with van der Waals surface area (Å²) >= 11 is 0. The van der Waals surface area contributed by atoms with Crippen LogP contribution in [0, 0.1) is 13.8 Å². The first-order valence-electron chi connectivity index (χ1n) is 10.0. The number of rotatable bonds is 6. The van der Waals surface area contributed by atoms with Gasteiger partial charge in [0.1, 0.15) is 0 Å². The van der Waals surface area contributed by atoms with Crippen molar-refractivity contribution in [3.63, 3.8) is 0 Å². The highest BCUT2D eigenvalue weighted by atomic mass is 16.2. The second-order valence-electron chi connectivity index (χ2n) is 7.61. The third-order valence-corrected chi connectivity index (χ3v) is 5.19. The van der Waals surface area contributed by atoms with Crippen molar-refractivity contribution in [1.29, 1.82) is 0 Å². The lowest BCUT2D eigenvalue weighted by atomic mass is 9.95. The van der Waals surface area contributed by atoms with Gasteiger partial charge in [-0.15, -0.1) is 0 Å². The minimum atomic E-state index is -0.126. The van der Waals surface area contributed by atoms with Crippen LogP contribution in [0.1, 0.15) is 53.6 Å². The molecule has 148 valence electrons. The Hall–Kier alpha value is -2.82. The number of hydrogen-bond acceptors (Lipinski definition) is 3. The normalized spacial score (nSPS) is 14.4. The molecule has 0 atom stereocenters. The fraction of sp³-hybridized carbons (Fsp3) is 0.391. The zero-order chi connectivity index (χ0) is 19.9. The maximum absolute atomic E-state index is 12.4. The summed E-state index contributed by atoms with van der Waals surface area (Å²) in [4.78, 5) is 24.5. The second kappa shape index (κ2) is 9.40. The van der Waals surface area contributed by atoms with Gasteiger partial charge in [-0.05, 0) is 62.6 Å². The molecule has 0 unspecified atom stereocenters. The van der Waals surface area contributed by atoms with E-state index in [1.54, 1.807) is 24.3 Å². The Balaban J connectivity index is 1.49. The predicted octanol–water partition coefficient (Wildman–Crippen LogP) is 4.42. The molecule has 5 nitrogen and oxygen atoms in total. The average Bonchev–Trinajstić information content (AvgIpc) is 2.68. The van der Waals surface area contributed by atoms with Crippen LogP contribution in [0.25, 0.3) is 0 Å². The summed E-state index contributed by atoms with van der Waals surface area (Å²) in [6.45, 7) is 4.25. The SMILES string of the molecule is Cc1ccc(NCC(=O)Nc2ccc(C(=O)NC3CCCCC3)cc2)c(C)c1. The summed E-state index contributed by atoms with van der Waals surface area (Å²) in [5, 5.41) is 9.12. The van der Waals surface area contributed by atoms with Gasteiger partial charge < -0.3 is 16.0 Å². The molecule has 2 aromatic rings. The molecule has 0 saturated heterocycles. The minimum absolute atomic E-state index is 0.0405. The molecule has 0 aromatic heterocycles. The van der Waals surface area contributed by atoms with Crippen LogP contribution in [-0.2, 0) is 4.79 Å². The van der Waals surface area contributed by atoms with Crippen molar-refractivity contribution in [2.45, 2.75) is 52.0 Å². The number of carbonyl (C=O) groups is 2. The fourth-order valence-electron chi connectivity index (χ4n) is 3.61. The molecule has 0 spiro atoms. The molecule has 28 heavy (non-hydrogen) atoms. The molecule has 1 saturated carbocycles. The van der Waals surface area contributed by atoms with E-state index in [0.29, 0.717) is 11.3 Å². The Bertz CT molecular complexity index is 824. The van der Waals surface area contributed by atoms with E-state index in [1.165, 1.54) is 24.8 Å². The second-order valence-corrected chi connectivity index (χ2v) is 7.61. The van der Waals surface area contributed by atoms with E-state index >= 15 is 0 Å². The fourth-order valence-corrected chi connectivity index (χ4v) is 3.61. The maximum Gasteiger partial charge on any atom is 0.251 e. The Labute approximate surface area is 166 Å². The van der Waals surface area contributed by atoms with Crippen LogP contribution in [0.15, 0.2) is 42.5 Å². The van der Waals surface area contributed by atoms with Crippen LogP contribution < -0.4 is 16.0 Å². The number of carbonyl (C=O) groups excluding carboxylic acids is 2. The van der Waals surface area contributed by atoms with Crippen molar-refractivity contribution in [3.8, 4) is 0 Å². The van der Waals surface area contributed by atoms with Gasteiger partial charge in [0.25, 0.3) is 5.91 Å². The largest absolute Gasteiger partial charge is 0.376 e. The van der Waals surface area contributed by atoms with Gasteiger partial charge in [-0.2, -0.15) is 0 Å². The molecule has 0 bridgehead atoms. The zero-order valence-corrected chi connectivity index (χ0v) is 16.7. The Morgan fingerprint density at radius 1 is 0.964 bits per heavy atom. The summed E-state index contributed by atoms with van der Waals surface area (Å²) in [5.41, 5.74) is 4.57. The van der Waals surface area contributed by atoms with Gasteiger partial charge in [0.2, 0.25) is 5.91 Å². The van der Waals surface area contributed by atoms with Crippen molar-refractivity contribution in [2.24, 2.45) is 0 Å². The number of aryl methyl sites for hydroxylation is 2. The average molecular weight is 380 g/mol. The molecule has 1 fully saturated rings. The molecule has 1 aliphatic rings. The minimum Gasteiger partial charge on any atom is -0.376 e. The van der Waals surface area contributed by atoms with E-state index in [9.17, 15) is 9.59 Å². The number of benzene rings is 2. The number of hydrogen-bond donors (Lipinski definition) is 3. The third-order valence-electron chi connectivity index (χ3n) is 5.19. The van der Waals surface area contributed by atoms with Crippen molar-refractivity contribution in [1.82, 2.24) is 5.32 Å². The van der Waals surface area contributed by atoms with Crippen LogP contribution in [-0.4, -0.2) is 24.4 Å². The smallest absolute Gasteiger partial charge is 0.251 e. The van der Waals surface area contributed by atoms with Crippen molar-refractivity contribution in [2.75, 3.05) is 17.2 Å². The van der Waals surface area contributed by atoms with Crippen molar-refractivity contribution < 1.29 is 9.59 Å². The summed E-state index contributed by atoms with van der Waals surface area (Å²) in [6.07, 6.45) is 5.76. The van der Waals surface area contributed by atoms with Gasteiger partial charge in [0, 0.05) is 23.0 Å². The van der Waals surface area contributed by atoms with E-state index in [4.69, 9.17) is 0 Å². The van der Waals surface area contributed by atoms with Crippen molar-refractivity contribution in [3.05, 3.63) is 59.2 Å². The molecule has 1 aliphatic carbocycles. The molecule has 0 aliphatic heterocycles. The molecule has 3 rings (SSSR count). The first-order chi connectivity index (χ1) is 13.5. The highest BCUT2D eigenvalue weighted by Crippen LogP contribution is 2.18. The highest BCUT2D eigenvalue weighted by molar-refractivity contribution is 5.96. The highest BCUT2D eigenvalue weighted by Gasteiger charge is 2.16. The molecular formula is C23H29N3O2. The monoisotopic (exact) mass is 379 g/mol. The van der Waals surface area contributed by atoms with E-state index in [2.05, 4.69) is 22.0 Å². The van der Waals surface area contributed by atoms with Crippen molar-refractivity contribution >= 4 is 23.2 Å². The van der Waals surface area contributed by atoms with Crippen LogP contribution in [0.4, 0.5) is 11.4 Å². The lowest BCUT2D eigenvalue weighted by Crippen LogP contribution is -2.36. The molecule has 0 radical (unpaired) electrons. The molecule has 3 N–H and O–H groups in total. The molecule has 2 amide bonds. The van der Waals surface area contributed by atoms with Gasteiger partial charge in [0.05, 0.1) is 6.54 Å². The third kappa shape index (κ3) is 5.59. The Kier molecular flexibility index (Phi) is 6.69. The van der Waals surface area contributed by atoms with Crippen LogP contribution >= 0.6 is 0 Å². The Morgan fingerprint density at radius 2 is 1.68 bits per heavy atom. The predicted molar refractivity (Wildman–Crippen MR) is 114 cm³/mol. The summed E-state index contributed by atoms with van der Waals surface area (Å²) in [7, 11) is 0. The summed E-state index contributed by atoms with van der Waals surface area (Å²) in [5.74, 6) is -0.166. The summed E-state index contributed by atoms with van der Waals surface area (Å²) in [6, 6.07) is 13.4. The van der Waals surface area contributed by atoms with E-state index in [1.807, 2.05) is 26.0 Å². The standard InChI is InChI=1S/C23H29N3O2/c1-16-8-13-21(17(2)14-16)24-15-22(27)25-20-11-9-18(10-12-20)23(28)26-19-6-4-3-5-7-19/h8-14,19,24H,3-7,15H2,1-2H3,(H,25,27)(H,26,28). The van der Waals surface area contributed by atoms with Gasteiger partial charge in [-0.25, -0.2) is 0 Å². The lowest BCUT2D eigenvalue weighted by Gasteiger charge is -2.22. The molecular weight excluding hydrogens is 350 g/mol. The number of anilines is 2. The molecule has 0 heterocycles. The van der Waals surface area contributed by atoms with E-state index in [0.717, 1.165) is 24.1 Å². The first kappa shape index (κ1) is 19.9. The van der Waals surface area contributed by atoms with Gasteiger partial charge in [-0.3, -0.25) is 9.59 Å². The summed E-state index contributed by atoms with van der Waals surface area (Å²) < 4.78 is 0. The van der Waals surface area contributed by atoms with E-state index < -0.39 is 0 Å². The zero-order valence-electron chi connectivity index (χ0n) is 16.7. The number of amides is 2. The maximum atomic E-state index is 12.4. The number of nitrogens with one attached hydrogen (secondary N) is 3. The molecule has 5 heteroatoms. The van der Waals surface area contributed by atoms with Gasteiger partial charge >= 0.3 is 0 Å².